The van der Waals surface area contributed by atoms with Gasteiger partial charge in [-0.2, -0.15) is 0 Å². The van der Waals surface area contributed by atoms with Crippen molar-refractivity contribution >= 4 is 21.8 Å². The number of oxime groups is 1. The van der Waals surface area contributed by atoms with Gasteiger partial charge in [-0.1, -0.05) is 51.4 Å². The van der Waals surface area contributed by atoms with Gasteiger partial charge in [-0.05, 0) is 36.2 Å². The second kappa shape index (κ2) is 7.24. The quantitative estimate of drug-likeness (QED) is 0.336. The van der Waals surface area contributed by atoms with E-state index in [1.807, 2.05) is 36.4 Å². The summed E-state index contributed by atoms with van der Waals surface area (Å²) in [4.78, 5) is 0. The first-order valence-corrected chi connectivity index (χ1v) is 7.45. The number of benzene rings is 2. The third-order valence-corrected chi connectivity index (χ3v) is 3.78. The van der Waals surface area contributed by atoms with Crippen LogP contribution < -0.4 is 11.1 Å². The highest BCUT2D eigenvalue weighted by Gasteiger charge is 2.06. The fourth-order valence-electron chi connectivity index (χ4n) is 2.06. The van der Waals surface area contributed by atoms with Crippen LogP contribution >= 0.6 is 15.9 Å². The zero-order valence-corrected chi connectivity index (χ0v) is 13.3. The smallest absolute Gasteiger partial charge is 0.170 e. The molecule has 0 heterocycles. The van der Waals surface area contributed by atoms with Crippen LogP contribution in [0.2, 0.25) is 0 Å². The van der Waals surface area contributed by atoms with Crippen molar-refractivity contribution in [3.8, 4) is 0 Å². The van der Waals surface area contributed by atoms with Crippen LogP contribution in [0.3, 0.4) is 0 Å². The topological polar surface area (TPSA) is 70.6 Å². The minimum Gasteiger partial charge on any atom is -0.409 e. The van der Waals surface area contributed by atoms with Gasteiger partial charge in [0.25, 0.3) is 0 Å². The Hall–Kier alpha value is -1.85. The maximum absolute atomic E-state index is 8.71. The van der Waals surface area contributed by atoms with Crippen LogP contribution in [0.1, 0.15) is 29.7 Å². The highest BCUT2D eigenvalue weighted by Crippen LogP contribution is 2.18. The number of hydrogen-bond acceptors (Lipinski definition) is 3. The molecule has 5 heteroatoms. The summed E-state index contributed by atoms with van der Waals surface area (Å²) in [6.07, 6.45) is 0. The standard InChI is InChI=1S/C16H18BrN3O/c1-11(13-5-3-7-15(17)9-13)19-10-12-4-2-6-14(8-12)16(18)20-21/h2-9,11,19,21H,10H2,1H3,(H2,18,20). The Balaban J connectivity index is 2.03. The van der Waals surface area contributed by atoms with Crippen molar-refractivity contribution in [3.05, 3.63) is 69.7 Å². The average Bonchev–Trinajstić information content (AvgIpc) is 2.52. The molecule has 2 aromatic rings. The molecule has 21 heavy (non-hydrogen) atoms. The first kappa shape index (κ1) is 15.5. The van der Waals surface area contributed by atoms with Crippen molar-refractivity contribution in [2.45, 2.75) is 19.5 Å². The number of amidine groups is 1. The van der Waals surface area contributed by atoms with Gasteiger partial charge in [-0.25, -0.2) is 0 Å². The van der Waals surface area contributed by atoms with Crippen LogP contribution in [0.15, 0.2) is 58.2 Å². The number of halogens is 1. The Labute approximate surface area is 132 Å². The van der Waals surface area contributed by atoms with Gasteiger partial charge in [0.15, 0.2) is 5.84 Å². The van der Waals surface area contributed by atoms with E-state index in [1.165, 1.54) is 5.56 Å². The third-order valence-electron chi connectivity index (χ3n) is 3.29. The number of nitrogens with zero attached hydrogens (tertiary/aromatic N) is 1. The first-order valence-electron chi connectivity index (χ1n) is 6.66. The van der Waals surface area contributed by atoms with Crippen molar-refractivity contribution in [1.29, 1.82) is 0 Å². The SMILES string of the molecule is CC(NCc1cccc(C(N)=NO)c1)c1cccc(Br)c1. The minimum absolute atomic E-state index is 0.122. The largest absolute Gasteiger partial charge is 0.409 e. The maximum atomic E-state index is 8.71. The molecular formula is C16H18BrN3O. The van der Waals surface area contributed by atoms with Crippen molar-refractivity contribution in [3.63, 3.8) is 0 Å². The van der Waals surface area contributed by atoms with Gasteiger partial charge in [-0.3, -0.25) is 0 Å². The van der Waals surface area contributed by atoms with Gasteiger partial charge in [0.1, 0.15) is 0 Å². The highest BCUT2D eigenvalue weighted by molar-refractivity contribution is 9.10. The fourth-order valence-corrected chi connectivity index (χ4v) is 2.48. The van der Waals surface area contributed by atoms with Crippen LogP contribution in [0.4, 0.5) is 0 Å². The molecule has 0 aromatic heterocycles. The number of nitrogens with one attached hydrogen (secondary N) is 1. The van der Waals surface area contributed by atoms with Crippen LogP contribution in [0, 0.1) is 0 Å². The van der Waals surface area contributed by atoms with Crippen LogP contribution in [0.25, 0.3) is 0 Å². The van der Waals surface area contributed by atoms with Gasteiger partial charge >= 0.3 is 0 Å². The Kier molecular flexibility index (Phi) is 5.36. The Morgan fingerprint density at radius 3 is 2.76 bits per heavy atom. The number of hydrogen-bond donors (Lipinski definition) is 3. The summed E-state index contributed by atoms with van der Waals surface area (Å²) in [6, 6.07) is 16.1. The molecule has 0 radical (unpaired) electrons. The Bertz CT molecular complexity index is 643. The van der Waals surface area contributed by atoms with E-state index in [2.05, 4.69) is 45.5 Å². The highest BCUT2D eigenvalue weighted by atomic mass is 79.9. The van der Waals surface area contributed by atoms with Crippen LogP contribution in [0.5, 0.6) is 0 Å². The molecule has 0 aliphatic carbocycles. The molecule has 4 N–H and O–H groups in total. The summed E-state index contributed by atoms with van der Waals surface area (Å²) >= 11 is 3.48. The Morgan fingerprint density at radius 1 is 1.29 bits per heavy atom. The van der Waals surface area contributed by atoms with Crippen molar-refractivity contribution in [1.82, 2.24) is 5.32 Å². The molecule has 0 spiro atoms. The molecule has 2 aromatic carbocycles. The number of rotatable bonds is 5. The molecule has 0 amide bonds. The van der Waals surface area contributed by atoms with Crippen LogP contribution in [-0.4, -0.2) is 11.0 Å². The average molecular weight is 348 g/mol. The van der Waals surface area contributed by atoms with E-state index in [4.69, 9.17) is 10.9 Å². The zero-order chi connectivity index (χ0) is 15.2. The zero-order valence-electron chi connectivity index (χ0n) is 11.8. The summed E-state index contributed by atoms with van der Waals surface area (Å²) in [5.41, 5.74) is 8.62. The molecule has 0 fully saturated rings. The molecule has 0 aliphatic heterocycles. The van der Waals surface area contributed by atoms with Crippen molar-refractivity contribution in [2.75, 3.05) is 0 Å². The van der Waals surface area contributed by atoms with E-state index in [0.717, 1.165) is 10.0 Å². The van der Waals surface area contributed by atoms with Crippen molar-refractivity contribution in [2.24, 2.45) is 10.9 Å². The maximum Gasteiger partial charge on any atom is 0.170 e. The predicted octanol–water partition coefficient (Wildman–Crippen LogP) is 3.39. The first-order chi connectivity index (χ1) is 10.1. The van der Waals surface area contributed by atoms with E-state index in [0.29, 0.717) is 12.1 Å². The lowest BCUT2D eigenvalue weighted by atomic mass is 10.1. The molecule has 2 rings (SSSR count). The van der Waals surface area contributed by atoms with E-state index in [-0.39, 0.29) is 11.9 Å². The molecule has 1 atom stereocenters. The molecular weight excluding hydrogens is 330 g/mol. The van der Waals surface area contributed by atoms with Crippen molar-refractivity contribution < 1.29 is 5.21 Å². The van der Waals surface area contributed by atoms with Gasteiger partial charge < -0.3 is 16.3 Å². The molecule has 1 unspecified atom stereocenters. The lowest BCUT2D eigenvalue weighted by Crippen LogP contribution is -2.19. The summed E-state index contributed by atoms with van der Waals surface area (Å²) < 4.78 is 1.07. The second-order valence-electron chi connectivity index (χ2n) is 4.84. The Morgan fingerprint density at radius 2 is 2.05 bits per heavy atom. The molecule has 4 nitrogen and oxygen atoms in total. The summed E-state index contributed by atoms with van der Waals surface area (Å²) in [7, 11) is 0. The third kappa shape index (κ3) is 4.31. The molecule has 0 aliphatic rings. The molecule has 0 saturated heterocycles. The van der Waals surface area contributed by atoms with Gasteiger partial charge in [0.2, 0.25) is 0 Å². The van der Waals surface area contributed by atoms with E-state index in [1.54, 1.807) is 0 Å². The minimum atomic E-state index is 0.122. The lowest BCUT2D eigenvalue weighted by molar-refractivity contribution is 0.318. The summed E-state index contributed by atoms with van der Waals surface area (Å²) in [6.45, 7) is 2.83. The normalized spacial score (nSPS) is 13.1. The molecule has 0 bridgehead atoms. The van der Waals surface area contributed by atoms with E-state index >= 15 is 0 Å². The second-order valence-corrected chi connectivity index (χ2v) is 5.76. The monoisotopic (exact) mass is 347 g/mol. The summed E-state index contributed by atoms with van der Waals surface area (Å²) in [5.74, 6) is 0.122. The van der Waals surface area contributed by atoms with E-state index in [9.17, 15) is 0 Å². The lowest BCUT2D eigenvalue weighted by Gasteiger charge is -2.15. The van der Waals surface area contributed by atoms with Gasteiger partial charge in [-0.15, -0.1) is 0 Å². The fraction of sp³-hybridized carbons (Fsp3) is 0.188. The molecule has 0 saturated carbocycles. The van der Waals surface area contributed by atoms with Gasteiger partial charge in [0, 0.05) is 22.6 Å². The number of nitrogens with two attached hydrogens (primary N) is 1. The summed E-state index contributed by atoms with van der Waals surface area (Å²) in [5, 5.41) is 15.2. The predicted molar refractivity (Wildman–Crippen MR) is 88.3 cm³/mol. The van der Waals surface area contributed by atoms with E-state index < -0.39 is 0 Å². The van der Waals surface area contributed by atoms with Crippen LogP contribution in [-0.2, 0) is 6.54 Å². The molecule has 110 valence electrons. The van der Waals surface area contributed by atoms with Gasteiger partial charge in [0.05, 0.1) is 0 Å².